The van der Waals surface area contributed by atoms with E-state index in [1.165, 1.54) is 0 Å². The first-order chi connectivity index (χ1) is 11.9. The maximum absolute atomic E-state index is 11.4. The molecule has 0 aliphatic carbocycles. The topological polar surface area (TPSA) is 92.7 Å². The summed E-state index contributed by atoms with van der Waals surface area (Å²) in [6, 6.07) is 11.5. The lowest BCUT2D eigenvalue weighted by Gasteiger charge is -2.05. The molecule has 4 aromatic rings. The van der Waals surface area contributed by atoms with E-state index in [1.807, 2.05) is 24.0 Å². The Hall–Kier alpha value is -2.87. The number of fused-ring (bicyclic) bond motifs is 2. The summed E-state index contributed by atoms with van der Waals surface area (Å²) in [7, 11) is -1.40. The number of sulfonamides is 1. The molecule has 4 rings (SSSR count). The Morgan fingerprint density at radius 3 is 2.84 bits per heavy atom. The van der Waals surface area contributed by atoms with Crippen molar-refractivity contribution in [3.63, 3.8) is 0 Å². The number of rotatable bonds is 4. The van der Waals surface area contributed by atoms with Gasteiger partial charge in [0.25, 0.3) is 0 Å². The van der Waals surface area contributed by atoms with Gasteiger partial charge in [-0.3, -0.25) is 14.5 Å². The summed E-state index contributed by atoms with van der Waals surface area (Å²) in [5.74, 6) is 0. The van der Waals surface area contributed by atoms with Crippen molar-refractivity contribution in [2.45, 2.75) is 6.42 Å². The quantitative estimate of drug-likeness (QED) is 0.588. The van der Waals surface area contributed by atoms with Crippen molar-refractivity contribution in [3.8, 4) is 0 Å². The van der Waals surface area contributed by atoms with Crippen LogP contribution in [0.4, 0.5) is 5.69 Å². The van der Waals surface area contributed by atoms with Crippen molar-refractivity contribution in [1.82, 2.24) is 20.0 Å². The van der Waals surface area contributed by atoms with Gasteiger partial charge in [0.05, 0.1) is 23.5 Å². The molecule has 2 heterocycles. The molecule has 8 heteroatoms. The van der Waals surface area contributed by atoms with Crippen LogP contribution in [0, 0.1) is 0 Å². The minimum atomic E-state index is -3.31. The van der Waals surface area contributed by atoms with Crippen LogP contribution in [-0.4, -0.2) is 34.7 Å². The second kappa shape index (κ2) is 5.59. The zero-order valence-electron chi connectivity index (χ0n) is 13.8. The van der Waals surface area contributed by atoms with E-state index in [0.717, 1.165) is 39.3 Å². The van der Waals surface area contributed by atoms with Gasteiger partial charge in [-0.1, -0.05) is 6.07 Å². The van der Waals surface area contributed by atoms with E-state index in [4.69, 9.17) is 0 Å². The van der Waals surface area contributed by atoms with Gasteiger partial charge < -0.3 is 0 Å². The largest absolute Gasteiger partial charge is 0.284 e. The summed E-state index contributed by atoms with van der Waals surface area (Å²) >= 11 is 0. The smallest absolute Gasteiger partial charge is 0.229 e. The van der Waals surface area contributed by atoms with Crippen LogP contribution in [-0.2, 0) is 23.5 Å². The summed E-state index contributed by atoms with van der Waals surface area (Å²) in [6.07, 6.45) is 3.65. The van der Waals surface area contributed by atoms with E-state index >= 15 is 0 Å². The number of aromatic amines is 1. The molecule has 25 heavy (non-hydrogen) atoms. The lowest BCUT2D eigenvalue weighted by atomic mass is 10.0. The Morgan fingerprint density at radius 1 is 1.20 bits per heavy atom. The number of hydrogen-bond acceptors (Lipinski definition) is 4. The molecule has 0 saturated heterocycles. The Labute approximate surface area is 144 Å². The molecule has 0 aliphatic heterocycles. The van der Waals surface area contributed by atoms with Gasteiger partial charge in [-0.05, 0) is 35.9 Å². The van der Waals surface area contributed by atoms with E-state index in [2.05, 4.69) is 32.2 Å². The van der Waals surface area contributed by atoms with Gasteiger partial charge in [0.1, 0.15) is 0 Å². The number of H-pyrrole nitrogens is 1. The van der Waals surface area contributed by atoms with Crippen molar-refractivity contribution >= 4 is 37.5 Å². The molecule has 0 aliphatic rings. The number of anilines is 1. The molecule has 2 N–H and O–H groups in total. The first-order valence-electron chi connectivity index (χ1n) is 7.74. The van der Waals surface area contributed by atoms with Crippen molar-refractivity contribution in [1.29, 1.82) is 0 Å². The van der Waals surface area contributed by atoms with Crippen LogP contribution in [0.25, 0.3) is 21.8 Å². The maximum atomic E-state index is 11.4. The highest BCUT2D eigenvalue weighted by Crippen LogP contribution is 2.24. The Bertz CT molecular complexity index is 1190. The predicted octanol–water partition coefficient (Wildman–Crippen LogP) is 2.41. The highest BCUT2D eigenvalue weighted by atomic mass is 32.2. The number of benzene rings is 2. The number of hydrogen-bond donors (Lipinski definition) is 2. The van der Waals surface area contributed by atoms with Crippen molar-refractivity contribution in [2.75, 3.05) is 11.0 Å². The number of nitrogens with one attached hydrogen (secondary N) is 2. The van der Waals surface area contributed by atoms with Gasteiger partial charge >= 0.3 is 0 Å². The summed E-state index contributed by atoms with van der Waals surface area (Å²) in [6.45, 7) is 0. The Kier molecular flexibility index (Phi) is 3.50. The number of aromatic nitrogens is 4. The van der Waals surface area contributed by atoms with E-state index in [-0.39, 0.29) is 0 Å². The average Bonchev–Trinajstić information content (AvgIpc) is 3.10. The summed E-state index contributed by atoms with van der Waals surface area (Å²) < 4.78 is 27.2. The molecule has 7 nitrogen and oxygen atoms in total. The van der Waals surface area contributed by atoms with Gasteiger partial charge in [0.15, 0.2) is 0 Å². The average molecular weight is 355 g/mol. The minimum absolute atomic E-state index is 0.528. The zero-order chi connectivity index (χ0) is 17.6. The van der Waals surface area contributed by atoms with Gasteiger partial charge in [-0.2, -0.15) is 10.2 Å². The fraction of sp³-hybridized carbons (Fsp3) is 0.176. The highest BCUT2D eigenvalue weighted by molar-refractivity contribution is 7.92. The zero-order valence-corrected chi connectivity index (χ0v) is 14.6. The van der Waals surface area contributed by atoms with Crippen molar-refractivity contribution in [2.24, 2.45) is 7.05 Å². The second-order valence-electron chi connectivity index (χ2n) is 6.15. The standard InChI is InChI=1S/C17H17N5O2S/c1-22-17-6-3-11(7-12(17)10-18-22)8-16-14-9-13(21-25(2,23)24)4-5-15(14)19-20-16/h3-7,9-10,21H,8H2,1-2H3,(H,19,20). The summed E-state index contributed by atoms with van der Waals surface area (Å²) in [5.41, 5.74) is 4.48. The Morgan fingerprint density at radius 2 is 2.04 bits per heavy atom. The van der Waals surface area contributed by atoms with Crippen LogP contribution >= 0.6 is 0 Å². The van der Waals surface area contributed by atoms with Crippen LogP contribution in [0.5, 0.6) is 0 Å². The van der Waals surface area contributed by atoms with E-state index in [0.29, 0.717) is 12.1 Å². The van der Waals surface area contributed by atoms with Crippen molar-refractivity contribution in [3.05, 3.63) is 53.9 Å². The second-order valence-corrected chi connectivity index (χ2v) is 7.89. The molecule has 0 unspecified atom stereocenters. The lowest BCUT2D eigenvalue weighted by molar-refractivity contribution is 0.607. The molecule has 0 atom stereocenters. The molecule has 2 aromatic heterocycles. The van der Waals surface area contributed by atoms with Crippen LogP contribution < -0.4 is 4.72 Å². The van der Waals surface area contributed by atoms with Gasteiger partial charge in [0, 0.05) is 35.6 Å². The first-order valence-corrected chi connectivity index (χ1v) is 9.64. The highest BCUT2D eigenvalue weighted by Gasteiger charge is 2.10. The van der Waals surface area contributed by atoms with E-state index in [1.54, 1.807) is 18.2 Å². The van der Waals surface area contributed by atoms with Crippen LogP contribution in [0.15, 0.2) is 42.6 Å². The molecule has 0 saturated carbocycles. The minimum Gasteiger partial charge on any atom is -0.284 e. The molecule has 0 bridgehead atoms. The molecule has 0 amide bonds. The fourth-order valence-corrected chi connectivity index (χ4v) is 3.56. The molecule has 0 spiro atoms. The third-order valence-electron chi connectivity index (χ3n) is 4.13. The summed E-state index contributed by atoms with van der Waals surface area (Å²) in [5, 5.41) is 13.6. The fourth-order valence-electron chi connectivity index (χ4n) is 3.00. The molecule has 0 fully saturated rings. The number of aryl methyl sites for hydroxylation is 1. The molecule has 0 radical (unpaired) electrons. The molecule has 2 aromatic carbocycles. The van der Waals surface area contributed by atoms with E-state index in [9.17, 15) is 8.42 Å². The van der Waals surface area contributed by atoms with Crippen LogP contribution in [0.2, 0.25) is 0 Å². The lowest BCUT2D eigenvalue weighted by Crippen LogP contribution is -2.09. The summed E-state index contributed by atoms with van der Waals surface area (Å²) in [4.78, 5) is 0. The maximum Gasteiger partial charge on any atom is 0.229 e. The Balaban J connectivity index is 1.71. The van der Waals surface area contributed by atoms with Gasteiger partial charge in [-0.15, -0.1) is 0 Å². The van der Waals surface area contributed by atoms with Gasteiger partial charge in [-0.25, -0.2) is 8.42 Å². The predicted molar refractivity (Wildman–Crippen MR) is 98.1 cm³/mol. The SMILES string of the molecule is Cn1ncc2cc(Cc3[nH]nc4ccc(NS(C)(=O)=O)cc34)ccc21. The van der Waals surface area contributed by atoms with Gasteiger partial charge in [0.2, 0.25) is 10.0 Å². The van der Waals surface area contributed by atoms with Crippen molar-refractivity contribution < 1.29 is 8.42 Å². The van der Waals surface area contributed by atoms with E-state index < -0.39 is 10.0 Å². The number of nitrogens with zero attached hydrogens (tertiary/aromatic N) is 3. The molecular weight excluding hydrogens is 338 g/mol. The molecule has 128 valence electrons. The third-order valence-corrected chi connectivity index (χ3v) is 4.73. The molecular formula is C17H17N5O2S. The normalized spacial score (nSPS) is 12.1. The van der Waals surface area contributed by atoms with Crippen LogP contribution in [0.3, 0.4) is 0 Å². The first kappa shape index (κ1) is 15.6. The van der Waals surface area contributed by atoms with Crippen LogP contribution in [0.1, 0.15) is 11.3 Å². The third kappa shape index (κ3) is 3.08. The monoisotopic (exact) mass is 355 g/mol.